The van der Waals surface area contributed by atoms with E-state index in [1.54, 1.807) is 30.3 Å². The largest absolute Gasteiger partial charge is 0.427 e. The number of aryl methyl sites for hydroxylation is 1. The zero-order valence-electron chi connectivity index (χ0n) is 19.3. The van der Waals surface area contributed by atoms with Gasteiger partial charge < -0.3 is 4.74 Å². The van der Waals surface area contributed by atoms with E-state index < -0.39 is 17.5 Å². The highest BCUT2D eigenvalue weighted by Crippen LogP contribution is 2.29. The van der Waals surface area contributed by atoms with Crippen molar-refractivity contribution in [1.29, 1.82) is 5.26 Å². The second-order valence-electron chi connectivity index (χ2n) is 8.28. The van der Waals surface area contributed by atoms with Crippen LogP contribution in [0.5, 0.6) is 5.75 Å². The fourth-order valence-electron chi connectivity index (χ4n) is 3.81. The van der Waals surface area contributed by atoms with Crippen LogP contribution in [0.3, 0.4) is 0 Å². The number of halogens is 3. The summed E-state index contributed by atoms with van der Waals surface area (Å²) in [6.45, 7) is 0. The number of rotatable bonds is 9. The number of hydrogen-bond donors (Lipinski definition) is 0. The maximum absolute atomic E-state index is 14.5. The third-order valence-electron chi connectivity index (χ3n) is 5.70. The Morgan fingerprint density at radius 2 is 1.58 bits per heavy atom. The van der Waals surface area contributed by atoms with Crippen molar-refractivity contribution in [3.63, 3.8) is 0 Å². The van der Waals surface area contributed by atoms with E-state index in [-0.39, 0.29) is 23.5 Å². The Balaban J connectivity index is 1.20. The van der Waals surface area contributed by atoms with Gasteiger partial charge in [0.2, 0.25) is 0 Å². The van der Waals surface area contributed by atoms with Gasteiger partial charge in [0.05, 0.1) is 0 Å². The van der Waals surface area contributed by atoms with E-state index in [0.717, 1.165) is 41.0 Å². The van der Waals surface area contributed by atoms with Crippen LogP contribution in [-0.2, 0) is 11.2 Å². The smallest absolute Gasteiger partial charge is 0.311 e. The molecule has 0 unspecified atom stereocenters. The van der Waals surface area contributed by atoms with Crippen molar-refractivity contribution in [3.8, 4) is 33.4 Å². The molecule has 0 saturated carbocycles. The number of nitrogens with zero attached hydrogens (tertiary/aromatic N) is 1. The molecule has 0 radical (unpaired) electrons. The molecule has 0 saturated heterocycles. The summed E-state index contributed by atoms with van der Waals surface area (Å²) in [6, 6.07) is 21.0. The first kappa shape index (κ1) is 25.2. The first-order valence-electron chi connectivity index (χ1n) is 11.5. The van der Waals surface area contributed by atoms with Gasteiger partial charge in [-0.15, -0.1) is 11.3 Å². The van der Waals surface area contributed by atoms with Crippen LogP contribution in [0, 0.1) is 28.8 Å². The number of carbonyl (C=O) groups excluding carboxylic acids is 1. The second kappa shape index (κ2) is 11.7. The zero-order chi connectivity index (χ0) is 25.5. The minimum absolute atomic E-state index is 0.218. The molecule has 0 spiro atoms. The Morgan fingerprint density at radius 1 is 0.806 bits per heavy atom. The van der Waals surface area contributed by atoms with Gasteiger partial charge in [-0.25, -0.2) is 13.2 Å². The Kier molecular flexibility index (Phi) is 8.19. The molecule has 0 amide bonds. The van der Waals surface area contributed by atoms with Crippen LogP contribution < -0.4 is 4.74 Å². The highest BCUT2D eigenvalue weighted by Gasteiger charge is 2.10. The van der Waals surface area contributed by atoms with E-state index in [2.05, 4.69) is 6.07 Å². The minimum atomic E-state index is -1.01. The van der Waals surface area contributed by atoms with E-state index in [1.165, 1.54) is 23.5 Å². The standard InChI is InChI=1S/C29H22F3NO2S/c30-25-14-9-21(17-27(25)32)24-13-6-19(16-26(24)31)4-2-1-3-5-29(34)35-22-10-7-20(8-11-22)28-15-12-23(18-33)36-28/h6-17H,1-5H2. The van der Waals surface area contributed by atoms with Crippen molar-refractivity contribution in [2.24, 2.45) is 0 Å². The normalized spacial score (nSPS) is 10.7. The molecule has 0 bridgehead atoms. The van der Waals surface area contributed by atoms with Gasteiger partial charge in [-0.1, -0.05) is 24.6 Å². The van der Waals surface area contributed by atoms with Crippen LogP contribution in [0.2, 0.25) is 0 Å². The third-order valence-corrected chi connectivity index (χ3v) is 6.74. The number of thiophene rings is 1. The van der Waals surface area contributed by atoms with Crippen LogP contribution in [0.15, 0.2) is 72.8 Å². The monoisotopic (exact) mass is 505 g/mol. The predicted octanol–water partition coefficient (Wildman–Crippen LogP) is 8.08. The van der Waals surface area contributed by atoms with Crippen molar-refractivity contribution in [1.82, 2.24) is 0 Å². The van der Waals surface area contributed by atoms with E-state index in [1.807, 2.05) is 18.2 Å². The molecule has 0 atom stereocenters. The second-order valence-corrected chi connectivity index (χ2v) is 9.36. The molecular weight excluding hydrogens is 483 g/mol. The van der Waals surface area contributed by atoms with Gasteiger partial charge in [-0.3, -0.25) is 4.79 Å². The SMILES string of the molecule is N#Cc1ccc(-c2ccc(OC(=O)CCCCCc3ccc(-c4ccc(F)c(F)c4)c(F)c3)cc2)s1. The van der Waals surface area contributed by atoms with E-state index in [4.69, 9.17) is 10.00 Å². The Hall–Kier alpha value is -3.89. The van der Waals surface area contributed by atoms with Crippen molar-refractivity contribution < 1.29 is 22.7 Å². The van der Waals surface area contributed by atoms with Gasteiger partial charge in [0, 0.05) is 16.9 Å². The number of ether oxygens (including phenoxy) is 1. The molecule has 0 N–H and O–H groups in total. The van der Waals surface area contributed by atoms with E-state index >= 15 is 0 Å². The average molecular weight is 506 g/mol. The lowest BCUT2D eigenvalue weighted by molar-refractivity contribution is -0.134. The summed E-state index contributed by atoms with van der Waals surface area (Å²) in [5, 5.41) is 8.95. The van der Waals surface area contributed by atoms with Crippen LogP contribution in [0.4, 0.5) is 13.2 Å². The molecule has 1 heterocycles. The molecule has 182 valence electrons. The van der Waals surface area contributed by atoms with Gasteiger partial charge >= 0.3 is 5.97 Å². The number of unbranched alkanes of at least 4 members (excludes halogenated alkanes) is 2. The fraction of sp³-hybridized carbons (Fsp3) is 0.172. The molecule has 0 aliphatic rings. The quantitative estimate of drug-likeness (QED) is 0.131. The zero-order valence-corrected chi connectivity index (χ0v) is 20.1. The first-order valence-corrected chi connectivity index (χ1v) is 12.3. The number of carbonyl (C=O) groups is 1. The predicted molar refractivity (Wildman–Crippen MR) is 134 cm³/mol. The van der Waals surface area contributed by atoms with E-state index in [0.29, 0.717) is 23.5 Å². The average Bonchev–Trinajstić information content (AvgIpc) is 3.36. The van der Waals surface area contributed by atoms with Gasteiger partial charge in [0.1, 0.15) is 22.5 Å². The van der Waals surface area contributed by atoms with Gasteiger partial charge in [0.15, 0.2) is 11.6 Å². The van der Waals surface area contributed by atoms with Crippen molar-refractivity contribution >= 4 is 17.3 Å². The maximum atomic E-state index is 14.5. The van der Waals surface area contributed by atoms with Gasteiger partial charge in [0.25, 0.3) is 0 Å². The summed E-state index contributed by atoms with van der Waals surface area (Å²) in [5.41, 5.74) is 2.26. The molecule has 3 nitrogen and oxygen atoms in total. The summed E-state index contributed by atoms with van der Waals surface area (Å²) in [6.07, 6.45) is 3.12. The topological polar surface area (TPSA) is 50.1 Å². The number of benzene rings is 3. The van der Waals surface area contributed by atoms with Crippen molar-refractivity contribution in [2.45, 2.75) is 32.1 Å². The molecular formula is C29H22F3NO2S. The molecule has 0 aliphatic carbocycles. The molecule has 36 heavy (non-hydrogen) atoms. The lowest BCUT2D eigenvalue weighted by Gasteiger charge is -2.08. The lowest BCUT2D eigenvalue weighted by Crippen LogP contribution is -2.07. The summed E-state index contributed by atoms with van der Waals surface area (Å²) >= 11 is 1.41. The maximum Gasteiger partial charge on any atom is 0.311 e. The molecule has 0 aliphatic heterocycles. The number of hydrogen-bond acceptors (Lipinski definition) is 4. The van der Waals surface area contributed by atoms with E-state index in [9.17, 15) is 18.0 Å². The van der Waals surface area contributed by atoms with Gasteiger partial charge in [-0.2, -0.15) is 5.26 Å². The summed E-state index contributed by atoms with van der Waals surface area (Å²) in [7, 11) is 0. The van der Waals surface area contributed by atoms with Crippen LogP contribution in [0.25, 0.3) is 21.6 Å². The first-order chi connectivity index (χ1) is 17.4. The fourth-order valence-corrected chi connectivity index (χ4v) is 4.62. The molecule has 3 aromatic carbocycles. The summed E-state index contributed by atoms with van der Waals surface area (Å²) < 4.78 is 46.5. The molecule has 7 heteroatoms. The lowest BCUT2D eigenvalue weighted by atomic mass is 10.00. The molecule has 1 aromatic heterocycles. The van der Waals surface area contributed by atoms with Crippen LogP contribution in [0.1, 0.15) is 36.1 Å². The Labute approximate surface area is 211 Å². The Morgan fingerprint density at radius 3 is 2.28 bits per heavy atom. The van der Waals surface area contributed by atoms with Crippen LogP contribution in [-0.4, -0.2) is 5.97 Å². The molecule has 4 rings (SSSR count). The minimum Gasteiger partial charge on any atom is -0.427 e. The summed E-state index contributed by atoms with van der Waals surface area (Å²) in [4.78, 5) is 13.8. The third kappa shape index (κ3) is 6.41. The highest BCUT2D eigenvalue weighted by molar-refractivity contribution is 7.16. The highest BCUT2D eigenvalue weighted by atomic mass is 32.1. The van der Waals surface area contributed by atoms with Crippen molar-refractivity contribution in [2.75, 3.05) is 0 Å². The van der Waals surface area contributed by atoms with Crippen LogP contribution >= 0.6 is 11.3 Å². The molecule has 4 aromatic rings. The van der Waals surface area contributed by atoms with Gasteiger partial charge in [-0.05, 0) is 90.6 Å². The van der Waals surface area contributed by atoms with Crippen molar-refractivity contribution in [3.05, 3.63) is 101 Å². The summed E-state index contributed by atoms with van der Waals surface area (Å²) in [5.74, 6) is -2.31. The number of esters is 1. The molecule has 0 fully saturated rings. The number of nitriles is 1. The Bertz CT molecular complexity index is 1410.